The largest absolute Gasteiger partial charge is 0.349 e. The molecule has 0 aromatic heterocycles. The third kappa shape index (κ3) is 4.11. The second-order valence-corrected chi connectivity index (χ2v) is 6.19. The van der Waals surface area contributed by atoms with Crippen LogP contribution in [0, 0.1) is 0 Å². The Balaban J connectivity index is 1.87. The Bertz CT molecular complexity index is 471. The van der Waals surface area contributed by atoms with Crippen LogP contribution in [0.15, 0.2) is 18.2 Å². The van der Waals surface area contributed by atoms with E-state index in [0.29, 0.717) is 15.6 Å². The second-order valence-electron chi connectivity index (χ2n) is 5.38. The number of carbonyl (C=O) groups is 1. The van der Waals surface area contributed by atoms with Crippen LogP contribution >= 0.6 is 23.2 Å². The average Bonchev–Trinajstić information content (AvgIpc) is 2.44. The van der Waals surface area contributed by atoms with Crippen molar-refractivity contribution in [2.45, 2.75) is 32.2 Å². The molecule has 1 aromatic rings. The Morgan fingerprint density at radius 2 is 2.00 bits per heavy atom. The van der Waals surface area contributed by atoms with Gasteiger partial charge in [0.25, 0.3) is 5.91 Å². The fraction of sp³-hybridized carbons (Fsp3) is 0.533. The SMILES string of the molecule is CCC[NH+]1CCC(NC(=O)c2ccc(Cl)c(Cl)c2)CC1. The lowest BCUT2D eigenvalue weighted by Crippen LogP contribution is -3.13. The third-order valence-electron chi connectivity index (χ3n) is 3.81. The molecular weight excluding hydrogens is 295 g/mol. The highest BCUT2D eigenvalue weighted by Crippen LogP contribution is 2.22. The lowest BCUT2D eigenvalue weighted by Gasteiger charge is -2.29. The van der Waals surface area contributed by atoms with Gasteiger partial charge in [-0.15, -0.1) is 0 Å². The van der Waals surface area contributed by atoms with Gasteiger partial charge in [-0.05, 0) is 24.6 Å². The summed E-state index contributed by atoms with van der Waals surface area (Å²) in [6.45, 7) is 5.72. The predicted molar refractivity (Wildman–Crippen MR) is 82.8 cm³/mol. The van der Waals surface area contributed by atoms with Gasteiger partial charge in [0.2, 0.25) is 0 Å². The van der Waals surface area contributed by atoms with E-state index in [1.54, 1.807) is 23.1 Å². The van der Waals surface area contributed by atoms with Gasteiger partial charge in [-0.25, -0.2) is 0 Å². The molecule has 110 valence electrons. The van der Waals surface area contributed by atoms with Crippen LogP contribution in [0.4, 0.5) is 0 Å². The predicted octanol–water partition coefficient (Wildman–Crippen LogP) is 2.18. The van der Waals surface area contributed by atoms with E-state index in [1.807, 2.05) is 0 Å². The first kappa shape index (κ1) is 15.6. The molecule has 5 heteroatoms. The highest BCUT2D eigenvalue weighted by Gasteiger charge is 2.23. The maximum absolute atomic E-state index is 12.2. The molecule has 3 nitrogen and oxygen atoms in total. The van der Waals surface area contributed by atoms with Gasteiger partial charge in [-0.1, -0.05) is 30.1 Å². The molecule has 0 bridgehead atoms. The number of piperidine rings is 1. The first-order valence-corrected chi connectivity index (χ1v) is 7.95. The summed E-state index contributed by atoms with van der Waals surface area (Å²) in [6.07, 6.45) is 3.31. The number of hydrogen-bond acceptors (Lipinski definition) is 1. The maximum atomic E-state index is 12.2. The zero-order chi connectivity index (χ0) is 14.5. The van der Waals surface area contributed by atoms with E-state index in [2.05, 4.69) is 12.2 Å². The van der Waals surface area contributed by atoms with Crippen LogP contribution in [-0.2, 0) is 0 Å². The molecule has 0 aliphatic carbocycles. The van der Waals surface area contributed by atoms with Gasteiger partial charge < -0.3 is 10.2 Å². The summed E-state index contributed by atoms with van der Waals surface area (Å²) in [6, 6.07) is 5.27. The van der Waals surface area contributed by atoms with Gasteiger partial charge in [0.1, 0.15) is 0 Å². The molecule has 0 spiro atoms. The lowest BCUT2D eigenvalue weighted by molar-refractivity contribution is -0.905. The number of rotatable bonds is 4. The number of amides is 1. The van der Waals surface area contributed by atoms with Crippen molar-refractivity contribution in [3.8, 4) is 0 Å². The number of carbonyl (C=O) groups excluding carboxylic acids is 1. The summed E-state index contributed by atoms with van der Waals surface area (Å²) in [5.74, 6) is -0.0625. The minimum atomic E-state index is -0.0625. The number of nitrogens with one attached hydrogen (secondary N) is 2. The second kappa shape index (κ2) is 7.30. The average molecular weight is 316 g/mol. The molecule has 2 N–H and O–H groups in total. The highest BCUT2D eigenvalue weighted by atomic mass is 35.5. The van der Waals surface area contributed by atoms with Gasteiger partial charge >= 0.3 is 0 Å². The molecular formula is C15H21Cl2N2O+. The number of likely N-dealkylation sites (tertiary alicyclic amines) is 1. The molecule has 1 aromatic carbocycles. The van der Waals surface area contributed by atoms with Crippen LogP contribution in [0.2, 0.25) is 10.0 Å². The van der Waals surface area contributed by atoms with Crippen LogP contribution < -0.4 is 10.2 Å². The van der Waals surface area contributed by atoms with Crippen molar-refractivity contribution < 1.29 is 9.69 Å². The summed E-state index contributed by atoms with van der Waals surface area (Å²) in [5.41, 5.74) is 0.572. The van der Waals surface area contributed by atoms with Crippen LogP contribution in [0.3, 0.4) is 0 Å². The quantitative estimate of drug-likeness (QED) is 0.877. The minimum Gasteiger partial charge on any atom is -0.349 e. The van der Waals surface area contributed by atoms with E-state index < -0.39 is 0 Å². The Labute approximate surface area is 130 Å². The van der Waals surface area contributed by atoms with Crippen molar-refractivity contribution in [1.82, 2.24) is 5.32 Å². The number of quaternary nitrogens is 1. The molecule has 0 unspecified atom stereocenters. The standard InChI is InChI=1S/C15H20Cl2N2O/c1-2-7-19-8-5-12(6-9-19)18-15(20)11-3-4-13(16)14(17)10-11/h3-4,10,12H,2,5-9H2,1H3,(H,18,20)/p+1. The van der Waals surface area contributed by atoms with Crippen LogP contribution in [0.1, 0.15) is 36.5 Å². The Morgan fingerprint density at radius 1 is 1.30 bits per heavy atom. The molecule has 1 amide bonds. The fourth-order valence-electron chi connectivity index (χ4n) is 2.68. The summed E-state index contributed by atoms with van der Waals surface area (Å²) in [4.78, 5) is 13.8. The van der Waals surface area contributed by atoms with Gasteiger partial charge in [-0.2, -0.15) is 0 Å². The third-order valence-corrected chi connectivity index (χ3v) is 4.55. The van der Waals surface area contributed by atoms with Gasteiger partial charge in [0.15, 0.2) is 0 Å². The molecule has 2 rings (SSSR count). The Morgan fingerprint density at radius 3 is 2.60 bits per heavy atom. The van der Waals surface area contributed by atoms with E-state index in [-0.39, 0.29) is 11.9 Å². The van der Waals surface area contributed by atoms with E-state index in [4.69, 9.17) is 23.2 Å². The molecule has 1 aliphatic heterocycles. The molecule has 0 saturated carbocycles. The summed E-state index contributed by atoms with van der Waals surface area (Å²) >= 11 is 11.8. The Hall–Kier alpha value is -0.770. The van der Waals surface area contributed by atoms with Gasteiger partial charge in [-0.3, -0.25) is 4.79 Å². The number of hydrogen-bond donors (Lipinski definition) is 2. The number of benzene rings is 1. The van der Waals surface area contributed by atoms with Crippen molar-refractivity contribution in [2.24, 2.45) is 0 Å². The van der Waals surface area contributed by atoms with E-state index in [0.717, 1.165) is 25.9 Å². The van der Waals surface area contributed by atoms with Crippen LogP contribution in [-0.4, -0.2) is 31.6 Å². The van der Waals surface area contributed by atoms with Gasteiger partial charge in [0, 0.05) is 24.4 Å². The summed E-state index contributed by atoms with van der Waals surface area (Å²) in [7, 11) is 0. The monoisotopic (exact) mass is 315 g/mol. The topological polar surface area (TPSA) is 33.5 Å². The van der Waals surface area contributed by atoms with Crippen molar-refractivity contribution >= 4 is 29.1 Å². The van der Waals surface area contributed by atoms with Crippen molar-refractivity contribution in [1.29, 1.82) is 0 Å². The van der Waals surface area contributed by atoms with Crippen molar-refractivity contribution in [2.75, 3.05) is 19.6 Å². The lowest BCUT2D eigenvalue weighted by atomic mass is 10.0. The van der Waals surface area contributed by atoms with E-state index in [9.17, 15) is 4.79 Å². The summed E-state index contributed by atoms with van der Waals surface area (Å²) in [5, 5.41) is 3.98. The van der Waals surface area contributed by atoms with E-state index >= 15 is 0 Å². The molecule has 1 heterocycles. The zero-order valence-corrected chi connectivity index (χ0v) is 13.2. The highest BCUT2D eigenvalue weighted by molar-refractivity contribution is 6.42. The fourth-order valence-corrected chi connectivity index (χ4v) is 2.98. The van der Waals surface area contributed by atoms with Crippen molar-refractivity contribution in [3.05, 3.63) is 33.8 Å². The van der Waals surface area contributed by atoms with Gasteiger partial charge in [0.05, 0.1) is 29.7 Å². The molecule has 1 aliphatic rings. The molecule has 0 atom stereocenters. The Kier molecular flexibility index (Phi) is 5.70. The van der Waals surface area contributed by atoms with E-state index in [1.165, 1.54) is 13.0 Å². The number of halogens is 2. The molecule has 1 fully saturated rings. The van der Waals surface area contributed by atoms with Crippen LogP contribution in [0.25, 0.3) is 0 Å². The molecule has 1 saturated heterocycles. The van der Waals surface area contributed by atoms with Crippen molar-refractivity contribution in [3.63, 3.8) is 0 Å². The smallest absolute Gasteiger partial charge is 0.251 e. The normalized spacial score (nSPS) is 22.6. The maximum Gasteiger partial charge on any atom is 0.251 e. The van der Waals surface area contributed by atoms with Crippen LogP contribution in [0.5, 0.6) is 0 Å². The zero-order valence-electron chi connectivity index (χ0n) is 11.7. The first-order chi connectivity index (χ1) is 9.60. The first-order valence-electron chi connectivity index (χ1n) is 7.19. The summed E-state index contributed by atoms with van der Waals surface area (Å²) < 4.78 is 0. The molecule has 0 radical (unpaired) electrons. The minimum absolute atomic E-state index is 0.0625. The molecule has 20 heavy (non-hydrogen) atoms.